The van der Waals surface area contributed by atoms with Crippen LogP contribution in [0, 0.1) is 6.92 Å². The lowest BCUT2D eigenvalue weighted by molar-refractivity contribution is -0.121. The molecule has 0 saturated heterocycles. The van der Waals surface area contributed by atoms with Gasteiger partial charge in [0.25, 0.3) is 0 Å². The molecule has 0 spiro atoms. The summed E-state index contributed by atoms with van der Waals surface area (Å²) >= 11 is 0. The Morgan fingerprint density at radius 1 is 1.44 bits per heavy atom. The van der Waals surface area contributed by atoms with Gasteiger partial charge in [0.2, 0.25) is 5.91 Å². The predicted molar refractivity (Wildman–Crippen MR) is 73.2 cm³/mol. The third-order valence-corrected chi connectivity index (χ3v) is 2.85. The molecule has 0 bridgehead atoms. The lowest BCUT2D eigenvalue weighted by Crippen LogP contribution is -2.33. The molecule has 18 heavy (non-hydrogen) atoms. The Hall–Kier alpha value is -1.42. The van der Waals surface area contributed by atoms with Gasteiger partial charge in [-0.3, -0.25) is 9.78 Å². The SMILES string of the molecule is CCC(C)NC(=O)CCNCc1ccc(C)nc1. The Morgan fingerprint density at radius 3 is 2.83 bits per heavy atom. The van der Waals surface area contributed by atoms with Crippen LogP contribution in [0.4, 0.5) is 0 Å². The van der Waals surface area contributed by atoms with E-state index in [4.69, 9.17) is 0 Å². The fraction of sp³-hybridized carbons (Fsp3) is 0.571. The summed E-state index contributed by atoms with van der Waals surface area (Å²) in [6, 6.07) is 4.31. The van der Waals surface area contributed by atoms with Gasteiger partial charge >= 0.3 is 0 Å². The molecule has 0 saturated carbocycles. The van der Waals surface area contributed by atoms with E-state index >= 15 is 0 Å². The number of hydrogen-bond donors (Lipinski definition) is 2. The van der Waals surface area contributed by atoms with E-state index in [1.165, 1.54) is 0 Å². The van der Waals surface area contributed by atoms with Crippen LogP contribution >= 0.6 is 0 Å². The number of amides is 1. The van der Waals surface area contributed by atoms with Gasteiger partial charge in [-0.25, -0.2) is 0 Å². The van der Waals surface area contributed by atoms with E-state index in [9.17, 15) is 4.79 Å². The molecule has 0 aliphatic carbocycles. The summed E-state index contributed by atoms with van der Waals surface area (Å²) in [5.41, 5.74) is 2.16. The number of nitrogens with zero attached hydrogens (tertiary/aromatic N) is 1. The van der Waals surface area contributed by atoms with Crippen molar-refractivity contribution >= 4 is 5.91 Å². The monoisotopic (exact) mass is 249 g/mol. The van der Waals surface area contributed by atoms with E-state index in [0.717, 1.165) is 24.2 Å². The minimum atomic E-state index is 0.110. The molecule has 1 amide bonds. The maximum absolute atomic E-state index is 11.5. The summed E-state index contributed by atoms with van der Waals surface area (Å²) in [6.45, 7) is 7.49. The second-order valence-electron chi connectivity index (χ2n) is 4.61. The molecule has 0 aliphatic rings. The third-order valence-electron chi connectivity index (χ3n) is 2.85. The standard InChI is InChI=1S/C14H23N3O/c1-4-11(2)17-14(18)7-8-15-9-13-6-5-12(3)16-10-13/h5-6,10-11,15H,4,7-9H2,1-3H3,(H,17,18). The van der Waals surface area contributed by atoms with Crippen LogP contribution in [-0.2, 0) is 11.3 Å². The molecule has 1 aromatic rings. The molecular formula is C14H23N3O. The van der Waals surface area contributed by atoms with Crippen LogP contribution in [0.15, 0.2) is 18.3 Å². The third kappa shape index (κ3) is 5.77. The lowest BCUT2D eigenvalue weighted by atomic mass is 10.2. The summed E-state index contributed by atoms with van der Waals surface area (Å²) in [7, 11) is 0. The van der Waals surface area contributed by atoms with Crippen molar-refractivity contribution in [2.24, 2.45) is 0 Å². The van der Waals surface area contributed by atoms with Crippen LogP contribution in [0.5, 0.6) is 0 Å². The molecule has 1 heterocycles. The van der Waals surface area contributed by atoms with Gasteiger partial charge in [0.1, 0.15) is 0 Å². The maximum atomic E-state index is 11.5. The zero-order valence-corrected chi connectivity index (χ0v) is 11.5. The molecule has 1 unspecified atom stereocenters. The Bertz CT molecular complexity index is 362. The van der Waals surface area contributed by atoms with Gasteiger partial charge < -0.3 is 10.6 Å². The van der Waals surface area contributed by atoms with Crippen LogP contribution in [0.1, 0.15) is 37.9 Å². The molecule has 0 radical (unpaired) electrons. The first-order valence-electron chi connectivity index (χ1n) is 6.53. The highest BCUT2D eigenvalue weighted by Gasteiger charge is 2.04. The molecule has 1 rings (SSSR count). The quantitative estimate of drug-likeness (QED) is 0.724. The summed E-state index contributed by atoms with van der Waals surface area (Å²) in [5, 5.41) is 6.19. The topological polar surface area (TPSA) is 54.0 Å². The van der Waals surface area contributed by atoms with Gasteiger partial charge in [0.15, 0.2) is 0 Å². The number of hydrogen-bond acceptors (Lipinski definition) is 3. The minimum Gasteiger partial charge on any atom is -0.354 e. The van der Waals surface area contributed by atoms with E-state index in [1.807, 2.05) is 26.1 Å². The maximum Gasteiger partial charge on any atom is 0.221 e. The average Bonchev–Trinajstić information content (AvgIpc) is 2.36. The largest absolute Gasteiger partial charge is 0.354 e. The van der Waals surface area contributed by atoms with Crippen LogP contribution in [-0.4, -0.2) is 23.5 Å². The Kier molecular flexibility index (Phi) is 6.36. The fourth-order valence-electron chi connectivity index (χ4n) is 1.49. The lowest BCUT2D eigenvalue weighted by Gasteiger charge is -2.11. The van der Waals surface area contributed by atoms with Gasteiger partial charge in [-0.15, -0.1) is 0 Å². The number of rotatable bonds is 7. The molecule has 100 valence electrons. The second-order valence-corrected chi connectivity index (χ2v) is 4.61. The summed E-state index contributed by atoms with van der Waals surface area (Å²) in [6.07, 6.45) is 3.35. The average molecular weight is 249 g/mol. The van der Waals surface area contributed by atoms with Crippen molar-refractivity contribution in [2.75, 3.05) is 6.54 Å². The van der Waals surface area contributed by atoms with E-state index in [-0.39, 0.29) is 11.9 Å². The van der Waals surface area contributed by atoms with Crippen molar-refractivity contribution in [3.05, 3.63) is 29.6 Å². The first-order chi connectivity index (χ1) is 8.61. The summed E-state index contributed by atoms with van der Waals surface area (Å²) in [5.74, 6) is 0.110. The van der Waals surface area contributed by atoms with Crippen molar-refractivity contribution in [1.29, 1.82) is 0 Å². The van der Waals surface area contributed by atoms with Crippen molar-refractivity contribution in [3.8, 4) is 0 Å². The highest BCUT2D eigenvalue weighted by molar-refractivity contribution is 5.76. The first kappa shape index (κ1) is 14.6. The molecule has 2 N–H and O–H groups in total. The molecule has 4 nitrogen and oxygen atoms in total. The highest BCUT2D eigenvalue weighted by Crippen LogP contribution is 1.98. The summed E-state index contributed by atoms with van der Waals surface area (Å²) < 4.78 is 0. The van der Waals surface area contributed by atoms with Gasteiger partial charge in [-0.1, -0.05) is 13.0 Å². The number of aromatic nitrogens is 1. The van der Waals surface area contributed by atoms with Crippen LogP contribution < -0.4 is 10.6 Å². The number of aryl methyl sites for hydroxylation is 1. The minimum absolute atomic E-state index is 0.110. The van der Waals surface area contributed by atoms with Gasteiger partial charge in [0.05, 0.1) is 0 Å². The molecule has 0 aromatic carbocycles. The van der Waals surface area contributed by atoms with Crippen molar-refractivity contribution in [3.63, 3.8) is 0 Å². The van der Waals surface area contributed by atoms with E-state index < -0.39 is 0 Å². The second kappa shape index (κ2) is 7.82. The zero-order valence-electron chi connectivity index (χ0n) is 11.5. The predicted octanol–water partition coefficient (Wildman–Crippen LogP) is 1.78. The van der Waals surface area contributed by atoms with E-state index in [1.54, 1.807) is 0 Å². The van der Waals surface area contributed by atoms with Gasteiger partial charge in [-0.2, -0.15) is 0 Å². The summed E-state index contributed by atoms with van der Waals surface area (Å²) in [4.78, 5) is 15.7. The van der Waals surface area contributed by atoms with E-state index in [2.05, 4.69) is 28.6 Å². The van der Waals surface area contributed by atoms with Crippen molar-refractivity contribution < 1.29 is 4.79 Å². The Morgan fingerprint density at radius 2 is 2.22 bits per heavy atom. The van der Waals surface area contributed by atoms with Crippen molar-refractivity contribution in [2.45, 2.75) is 46.2 Å². The van der Waals surface area contributed by atoms with Gasteiger partial charge in [-0.05, 0) is 31.9 Å². The molecule has 4 heteroatoms. The fourth-order valence-corrected chi connectivity index (χ4v) is 1.49. The molecule has 0 aliphatic heterocycles. The van der Waals surface area contributed by atoms with Crippen LogP contribution in [0.3, 0.4) is 0 Å². The van der Waals surface area contributed by atoms with Crippen molar-refractivity contribution in [1.82, 2.24) is 15.6 Å². The number of carbonyl (C=O) groups is 1. The first-order valence-corrected chi connectivity index (χ1v) is 6.53. The zero-order chi connectivity index (χ0) is 13.4. The molecule has 0 fully saturated rings. The molecule has 1 atom stereocenters. The smallest absolute Gasteiger partial charge is 0.221 e. The normalized spacial score (nSPS) is 12.2. The van der Waals surface area contributed by atoms with E-state index in [0.29, 0.717) is 13.0 Å². The number of carbonyl (C=O) groups excluding carboxylic acids is 1. The molecular weight excluding hydrogens is 226 g/mol. The van der Waals surface area contributed by atoms with Gasteiger partial charge in [0, 0.05) is 37.4 Å². The molecule has 1 aromatic heterocycles. The highest BCUT2D eigenvalue weighted by atomic mass is 16.1. The Balaban J connectivity index is 2.15. The van der Waals surface area contributed by atoms with Crippen LogP contribution in [0.25, 0.3) is 0 Å². The number of nitrogens with one attached hydrogen (secondary N) is 2. The Labute approximate surface area is 109 Å². The van der Waals surface area contributed by atoms with Crippen LogP contribution in [0.2, 0.25) is 0 Å². The number of pyridine rings is 1.